The molecule has 0 atom stereocenters. The second kappa shape index (κ2) is 7.19. The lowest BCUT2D eigenvalue weighted by atomic mass is 9.76. The summed E-state index contributed by atoms with van der Waals surface area (Å²) in [6.07, 6.45) is 2.92. The lowest BCUT2D eigenvalue weighted by Crippen LogP contribution is -2.23. The van der Waals surface area contributed by atoms with E-state index in [1.54, 1.807) is 24.3 Å². The number of fused-ring (bicyclic) bond motifs is 1. The smallest absolute Gasteiger partial charge is 0.279 e. The predicted molar refractivity (Wildman–Crippen MR) is 117 cm³/mol. The molecule has 31 heavy (non-hydrogen) atoms. The Bertz CT molecular complexity index is 1250. The maximum absolute atomic E-state index is 11.3. The molecule has 2 N–H and O–H groups in total. The van der Waals surface area contributed by atoms with Gasteiger partial charge in [0.05, 0.1) is 5.69 Å². The monoisotopic (exact) mass is 413 g/mol. The van der Waals surface area contributed by atoms with E-state index in [0.717, 1.165) is 36.2 Å². The van der Waals surface area contributed by atoms with Gasteiger partial charge in [0.15, 0.2) is 5.69 Å². The van der Waals surface area contributed by atoms with E-state index in [1.807, 2.05) is 22.9 Å². The molecule has 0 radical (unpaired) electrons. The molecule has 0 saturated heterocycles. The van der Waals surface area contributed by atoms with E-state index in [0.29, 0.717) is 17.3 Å². The first kappa shape index (κ1) is 19.2. The van der Waals surface area contributed by atoms with Crippen molar-refractivity contribution in [2.75, 3.05) is 0 Å². The van der Waals surface area contributed by atoms with E-state index in [2.05, 4.69) is 36.1 Å². The molecule has 0 spiro atoms. The molecule has 7 heteroatoms. The van der Waals surface area contributed by atoms with Crippen molar-refractivity contribution < 1.29 is 9.32 Å². The van der Waals surface area contributed by atoms with E-state index < -0.39 is 5.91 Å². The van der Waals surface area contributed by atoms with Crippen molar-refractivity contribution in [3.05, 3.63) is 71.4 Å². The highest BCUT2D eigenvalue weighted by atomic mass is 16.5. The van der Waals surface area contributed by atoms with Crippen molar-refractivity contribution in [2.24, 2.45) is 11.1 Å². The number of hydrogen-bond acceptors (Lipinski definition) is 5. The summed E-state index contributed by atoms with van der Waals surface area (Å²) < 4.78 is 7.63. The number of primary amides is 1. The van der Waals surface area contributed by atoms with Crippen molar-refractivity contribution in [2.45, 2.75) is 33.1 Å². The molecule has 2 aromatic heterocycles. The van der Waals surface area contributed by atoms with Crippen LogP contribution in [-0.2, 0) is 12.8 Å². The molecule has 0 aliphatic heterocycles. The number of nitrogens with zero attached hydrogens (tertiary/aromatic N) is 4. The zero-order valence-electron chi connectivity index (χ0n) is 17.5. The molecule has 5 rings (SSSR count). The summed E-state index contributed by atoms with van der Waals surface area (Å²) in [5, 5.41) is 9.05. The summed E-state index contributed by atoms with van der Waals surface area (Å²) in [5.74, 6) is 0.381. The third kappa shape index (κ3) is 3.52. The average Bonchev–Trinajstić information content (AvgIpc) is 3.38. The van der Waals surface area contributed by atoms with Gasteiger partial charge in [-0.3, -0.25) is 4.79 Å². The fourth-order valence-corrected chi connectivity index (χ4v) is 4.11. The first-order chi connectivity index (χ1) is 14.9. The van der Waals surface area contributed by atoms with Crippen molar-refractivity contribution in [3.8, 4) is 28.7 Å². The van der Waals surface area contributed by atoms with Crippen LogP contribution in [0.2, 0.25) is 0 Å². The van der Waals surface area contributed by atoms with Crippen LogP contribution in [-0.4, -0.2) is 25.8 Å². The summed E-state index contributed by atoms with van der Waals surface area (Å²) in [5.41, 5.74) is 10.8. The maximum atomic E-state index is 11.3. The minimum Gasteiger partial charge on any atom is -0.366 e. The molecule has 0 fully saturated rings. The molecule has 0 saturated carbocycles. The van der Waals surface area contributed by atoms with E-state index in [1.165, 1.54) is 11.3 Å². The van der Waals surface area contributed by atoms with Gasteiger partial charge in [0.25, 0.3) is 5.89 Å². The lowest BCUT2D eigenvalue weighted by molar-refractivity contribution is 0.100. The normalized spacial score (nSPS) is 14.9. The third-order valence-electron chi connectivity index (χ3n) is 5.84. The van der Waals surface area contributed by atoms with Crippen molar-refractivity contribution in [1.82, 2.24) is 19.9 Å². The molecule has 4 aromatic rings. The molecule has 1 aliphatic rings. The van der Waals surface area contributed by atoms with Crippen LogP contribution >= 0.6 is 0 Å². The first-order valence-electron chi connectivity index (χ1n) is 10.3. The minimum absolute atomic E-state index is 0.207. The van der Waals surface area contributed by atoms with Gasteiger partial charge >= 0.3 is 0 Å². The fourth-order valence-electron chi connectivity index (χ4n) is 4.11. The summed E-state index contributed by atoms with van der Waals surface area (Å²) in [6.45, 7) is 4.58. The highest BCUT2D eigenvalue weighted by Crippen LogP contribution is 2.39. The minimum atomic E-state index is -0.471. The Balaban J connectivity index is 1.57. The van der Waals surface area contributed by atoms with Crippen LogP contribution in [0, 0.1) is 5.41 Å². The van der Waals surface area contributed by atoms with Gasteiger partial charge in [-0.05, 0) is 48.9 Å². The highest BCUT2D eigenvalue weighted by molar-refractivity contribution is 5.93. The Labute approximate surface area is 179 Å². The number of carbonyl (C=O) groups is 1. The lowest BCUT2D eigenvalue weighted by Gasteiger charge is -2.30. The Morgan fingerprint density at radius 3 is 2.55 bits per heavy atom. The number of benzene rings is 2. The standard InChI is InChI=1S/C24H23N5O2/c1-24(2)13-12-18-19(14-24)29(17-6-4-3-5-7-17)27-20(18)23-26-22(28-31-23)16-10-8-15(9-11-16)21(25)30/h3-11H,12-14H2,1-2H3,(H2,25,30). The van der Waals surface area contributed by atoms with Crippen molar-refractivity contribution in [3.63, 3.8) is 0 Å². The van der Waals surface area contributed by atoms with Crippen LogP contribution in [0.15, 0.2) is 59.1 Å². The zero-order chi connectivity index (χ0) is 21.6. The molecular formula is C24H23N5O2. The van der Waals surface area contributed by atoms with Crippen LogP contribution in [0.5, 0.6) is 0 Å². The van der Waals surface area contributed by atoms with Gasteiger partial charge in [-0.15, -0.1) is 0 Å². The molecule has 156 valence electrons. The summed E-state index contributed by atoms with van der Waals surface area (Å²) in [7, 11) is 0. The topological polar surface area (TPSA) is 99.8 Å². The van der Waals surface area contributed by atoms with Gasteiger partial charge in [-0.25, -0.2) is 4.68 Å². The number of hydrogen-bond donors (Lipinski definition) is 1. The van der Waals surface area contributed by atoms with Gasteiger partial charge in [-0.2, -0.15) is 10.1 Å². The largest absolute Gasteiger partial charge is 0.366 e. The van der Waals surface area contributed by atoms with Gasteiger partial charge in [-0.1, -0.05) is 49.3 Å². The van der Waals surface area contributed by atoms with Crippen LogP contribution in [0.3, 0.4) is 0 Å². The average molecular weight is 413 g/mol. The van der Waals surface area contributed by atoms with E-state index in [9.17, 15) is 4.79 Å². The number of amides is 1. The van der Waals surface area contributed by atoms with Crippen molar-refractivity contribution >= 4 is 5.91 Å². The molecule has 7 nitrogen and oxygen atoms in total. The molecule has 1 aliphatic carbocycles. The van der Waals surface area contributed by atoms with Gasteiger partial charge in [0.1, 0.15) is 0 Å². The Hall–Kier alpha value is -3.74. The molecular weight excluding hydrogens is 390 g/mol. The molecule has 2 heterocycles. The Morgan fingerprint density at radius 1 is 1.10 bits per heavy atom. The van der Waals surface area contributed by atoms with Gasteiger partial charge in [0, 0.05) is 22.4 Å². The molecule has 0 bridgehead atoms. The quantitative estimate of drug-likeness (QED) is 0.540. The fraction of sp³-hybridized carbons (Fsp3) is 0.250. The van der Waals surface area contributed by atoms with E-state index in [4.69, 9.17) is 15.4 Å². The summed E-state index contributed by atoms with van der Waals surface area (Å²) >= 11 is 0. The van der Waals surface area contributed by atoms with Gasteiger partial charge < -0.3 is 10.3 Å². The highest BCUT2D eigenvalue weighted by Gasteiger charge is 2.33. The van der Waals surface area contributed by atoms with E-state index in [-0.39, 0.29) is 5.41 Å². The second-order valence-electron chi connectivity index (χ2n) is 8.73. The van der Waals surface area contributed by atoms with Gasteiger partial charge in [0.2, 0.25) is 11.7 Å². The van der Waals surface area contributed by atoms with Crippen LogP contribution < -0.4 is 5.73 Å². The zero-order valence-corrected chi connectivity index (χ0v) is 17.5. The van der Waals surface area contributed by atoms with Crippen molar-refractivity contribution in [1.29, 1.82) is 0 Å². The van der Waals surface area contributed by atoms with E-state index >= 15 is 0 Å². The SMILES string of the molecule is CC1(C)CCc2c(-c3nc(-c4ccc(C(N)=O)cc4)no3)nn(-c3ccccc3)c2C1. The molecule has 1 amide bonds. The number of rotatable bonds is 4. The number of nitrogens with two attached hydrogens (primary N) is 1. The maximum Gasteiger partial charge on any atom is 0.279 e. The summed E-state index contributed by atoms with van der Waals surface area (Å²) in [6, 6.07) is 17.0. The number of aromatic nitrogens is 4. The second-order valence-corrected chi connectivity index (χ2v) is 8.73. The number of para-hydroxylation sites is 1. The Kier molecular flexibility index (Phi) is 4.46. The van der Waals surface area contributed by atoms with Crippen LogP contribution in [0.1, 0.15) is 41.9 Å². The third-order valence-corrected chi connectivity index (χ3v) is 5.84. The Morgan fingerprint density at radius 2 is 1.84 bits per heavy atom. The summed E-state index contributed by atoms with van der Waals surface area (Å²) in [4.78, 5) is 15.9. The first-order valence-corrected chi connectivity index (χ1v) is 10.3. The van der Waals surface area contributed by atoms with Crippen LogP contribution in [0.25, 0.3) is 28.7 Å². The number of carbonyl (C=O) groups excluding carboxylic acids is 1. The van der Waals surface area contributed by atoms with Crippen LogP contribution in [0.4, 0.5) is 0 Å². The molecule has 0 unspecified atom stereocenters. The molecule has 2 aromatic carbocycles. The predicted octanol–water partition coefficient (Wildman–Crippen LogP) is 4.20.